The fourth-order valence-corrected chi connectivity index (χ4v) is 4.56. The van der Waals surface area contributed by atoms with E-state index in [4.69, 9.17) is 0 Å². The van der Waals surface area contributed by atoms with Gasteiger partial charge in [-0.1, -0.05) is 24.3 Å². The molecule has 0 fully saturated rings. The van der Waals surface area contributed by atoms with Crippen LogP contribution in [-0.4, -0.2) is 38.0 Å². The Morgan fingerprint density at radius 2 is 1.85 bits per heavy atom. The Hall–Kier alpha value is -4.00. The van der Waals surface area contributed by atoms with Crippen molar-refractivity contribution in [3.05, 3.63) is 101 Å². The summed E-state index contributed by atoms with van der Waals surface area (Å²) in [6.07, 6.45) is 2.58. The van der Waals surface area contributed by atoms with Crippen molar-refractivity contribution in [3.8, 4) is 0 Å². The van der Waals surface area contributed by atoms with Gasteiger partial charge in [-0.2, -0.15) is 0 Å². The zero-order chi connectivity index (χ0) is 22.9. The molecule has 33 heavy (non-hydrogen) atoms. The number of rotatable bonds is 5. The molecule has 2 aromatic heterocycles. The Morgan fingerprint density at radius 3 is 2.67 bits per heavy atom. The summed E-state index contributed by atoms with van der Waals surface area (Å²) < 4.78 is 15.9. The summed E-state index contributed by atoms with van der Waals surface area (Å²) in [5, 5.41) is 10.3. The van der Waals surface area contributed by atoms with Crippen LogP contribution in [0.5, 0.6) is 0 Å². The first kappa shape index (κ1) is 20.9. The molecule has 0 saturated heterocycles. The van der Waals surface area contributed by atoms with E-state index in [0.717, 1.165) is 22.3 Å². The lowest BCUT2D eigenvalue weighted by Crippen LogP contribution is -2.37. The van der Waals surface area contributed by atoms with Gasteiger partial charge in [0.1, 0.15) is 11.5 Å². The number of benzene rings is 2. The number of hydrogen-bond donors (Lipinski definition) is 1. The van der Waals surface area contributed by atoms with Gasteiger partial charge in [0.25, 0.3) is 0 Å². The minimum atomic E-state index is -1.01. The van der Waals surface area contributed by atoms with Crippen LogP contribution >= 0.6 is 0 Å². The lowest BCUT2D eigenvalue weighted by Gasteiger charge is -2.29. The summed E-state index contributed by atoms with van der Waals surface area (Å²) in [4.78, 5) is 30.7. The van der Waals surface area contributed by atoms with Crippen LogP contribution in [0.15, 0.2) is 66.9 Å². The summed E-state index contributed by atoms with van der Waals surface area (Å²) in [6.45, 7) is 1.47. The normalized spacial score (nSPS) is 13.2. The van der Waals surface area contributed by atoms with Crippen molar-refractivity contribution < 1.29 is 19.1 Å². The van der Waals surface area contributed by atoms with Crippen molar-refractivity contribution in [2.75, 3.05) is 6.54 Å². The highest BCUT2D eigenvalue weighted by molar-refractivity contribution is 5.88. The third-order valence-electron chi connectivity index (χ3n) is 6.13. The molecule has 3 heterocycles. The molecule has 1 aliphatic rings. The SMILES string of the molecule is O=C(O)c1cccc(CC(=O)N2CCc3c(n(Cc4cccc(F)c4)c4ncccc34)C2)c1. The fraction of sp³-hybridized carbons (Fsp3) is 0.192. The molecule has 0 atom stereocenters. The Balaban J connectivity index is 1.45. The van der Waals surface area contributed by atoms with Gasteiger partial charge in [0.15, 0.2) is 0 Å². The van der Waals surface area contributed by atoms with E-state index < -0.39 is 5.97 Å². The van der Waals surface area contributed by atoms with Gasteiger partial charge in [-0.05, 0) is 59.5 Å². The van der Waals surface area contributed by atoms with E-state index in [1.807, 2.05) is 18.2 Å². The Bertz CT molecular complexity index is 1380. The second-order valence-corrected chi connectivity index (χ2v) is 8.26. The standard InChI is InChI=1S/C26H22FN3O3/c27-20-7-2-5-18(13-20)15-30-23-16-29(11-9-21(23)22-8-3-10-28-25(22)30)24(31)14-17-4-1-6-19(12-17)26(32)33/h1-8,10,12-13H,9,11,14-16H2,(H,32,33). The number of carboxylic acids is 1. The first-order chi connectivity index (χ1) is 16.0. The molecular formula is C26H22FN3O3. The van der Waals surface area contributed by atoms with Crippen LogP contribution in [0.25, 0.3) is 11.0 Å². The van der Waals surface area contributed by atoms with Gasteiger partial charge < -0.3 is 14.6 Å². The number of halogens is 1. The van der Waals surface area contributed by atoms with E-state index in [9.17, 15) is 19.1 Å². The Morgan fingerprint density at radius 1 is 1.03 bits per heavy atom. The second-order valence-electron chi connectivity index (χ2n) is 8.26. The number of aromatic carboxylic acids is 1. The summed E-state index contributed by atoms with van der Waals surface area (Å²) in [7, 11) is 0. The monoisotopic (exact) mass is 443 g/mol. The molecule has 0 saturated carbocycles. The molecule has 7 heteroatoms. The first-order valence-electron chi connectivity index (χ1n) is 10.8. The van der Waals surface area contributed by atoms with Crippen LogP contribution in [0, 0.1) is 5.82 Å². The van der Waals surface area contributed by atoms with Gasteiger partial charge in [0.05, 0.1) is 18.5 Å². The van der Waals surface area contributed by atoms with Crippen LogP contribution in [0.4, 0.5) is 4.39 Å². The van der Waals surface area contributed by atoms with Gasteiger partial charge in [-0.15, -0.1) is 0 Å². The van der Waals surface area contributed by atoms with E-state index >= 15 is 0 Å². The van der Waals surface area contributed by atoms with E-state index in [-0.39, 0.29) is 23.7 Å². The van der Waals surface area contributed by atoms with E-state index in [2.05, 4.69) is 9.55 Å². The Kier molecular flexibility index (Phi) is 5.38. The minimum absolute atomic E-state index is 0.0568. The van der Waals surface area contributed by atoms with Gasteiger partial charge in [0.2, 0.25) is 5.91 Å². The van der Waals surface area contributed by atoms with Gasteiger partial charge in [0, 0.05) is 30.4 Å². The third kappa shape index (κ3) is 4.09. The van der Waals surface area contributed by atoms with Gasteiger partial charge in [-0.25, -0.2) is 14.2 Å². The molecule has 0 bridgehead atoms. The maximum Gasteiger partial charge on any atom is 0.335 e. The van der Waals surface area contributed by atoms with Crippen molar-refractivity contribution in [1.82, 2.24) is 14.5 Å². The molecule has 0 spiro atoms. The molecule has 1 aliphatic heterocycles. The number of hydrogen-bond acceptors (Lipinski definition) is 3. The minimum Gasteiger partial charge on any atom is -0.478 e. The predicted molar refractivity (Wildman–Crippen MR) is 121 cm³/mol. The molecule has 0 aliphatic carbocycles. The highest BCUT2D eigenvalue weighted by Crippen LogP contribution is 2.31. The molecule has 166 valence electrons. The molecule has 5 rings (SSSR count). The number of carboxylic acid groups (broad SMARTS) is 1. The highest BCUT2D eigenvalue weighted by Gasteiger charge is 2.27. The topological polar surface area (TPSA) is 75.4 Å². The van der Waals surface area contributed by atoms with Crippen LogP contribution in [0.2, 0.25) is 0 Å². The summed E-state index contributed by atoms with van der Waals surface area (Å²) in [6, 6.07) is 16.9. The van der Waals surface area contributed by atoms with Crippen LogP contribution in [0.1, 0.15) is 32.7 Å². The molecule has 4 aromatic rings. The number of carbonyl (C=O) groups is 2. The van der Waals surface area contributed by atoms with Crippen LogP contribution in [-0.2, 0) is 30.7 Å². The largest absolute Gasteiger partial charge is 0.478 e. The fourth-order valence-electron chi connectivity index (χ4n) is 4.56. The van der Waals surface area contributed by atoms with Crippen molar-refractivity contribution >= 4 is 22.9 Å². The average molecular weight is 443 g/mol. The smallest absolute Gasteiger partial charge is 0.335 e. The van der Waals surface area contributed by atoms with Crippen molar-refractivity contribution in [2.45, 2.75) is 25.9 Å². The first-order valence-corrected chi connectivity index (χ1v) is 10.8. The molecular weight excluding hydrogens is 421 g/mol. The van der Waals surface area contributed by atoms with E-state index in [1.54, 1.807) is 35.4 Å². The van der Waals surface area contributed by atoms with E-state index in [0.29, 0.717) is 31.6 Å². The van der Waals surface area contributed by atoms with Gasteiger partial charge in [-0.3, -0.25) is 4.79 Å². The zero-order valence-electron chi connectivity index (χ0n) is 17.9. The predicted octanol–water partition coefficient (Wildman–Crippen LogP) is 4.05. The number of amides is 1. The number of nitrogens with zero attached hydrogens (tertiary/aromatic N) is 3. The van der Waals surface area contributed by atoms with Crippen LogP contribution in [0.3, 0.4) is 0 Å². The lowest BCUT2D eigenvalue weighted by atomic mass is 10.0. The average Bonchev–Trinajstić information content (AvgIpc) is 3.12. The molecule has 1 N–H and O–H groups in total. The van der Waals surface area contributed by atoms with Crippen molar-refractivity contribution in [2.24, 2.45) is 0 Å². The summed E-state index contributed by atoms with van der Waals surface area (Å²) >= 11 is 0. The Labute approximate surface area is 189 Å². The molecule has 0 radical (unpaired) electrons. The summed E-state index contributed by atoms with van der Waals surface area (Å²) in [5.41, 5.74) is 4.68. The molecule has 1 amide bonds. The van der Waals surface area contributed by atoms with Gasteiger partial charge >= 0.3 is 5.97 Å². The second kappa shape index (κ2) is 8.50. The van der Waals surface area contributed by atoms with Crippen LogP contribution < -0.4 is 0 Å². The zero-order valence-corrected chi connectivity index (χ0v) is 17.9. The molecule has 2 aromatic carbocycles. The van der Waals surface area contributed by atoms with Crippen molar-refractivity contribution in [1.29, 1.82) is 0 Å². The number of pyridine rings is 1. The maximum atomic E-state index is 13.8. The third-order valence-corrected chi connectivity index (χ3v) is 6.13. The van der Waals surface area contributed by atoms with Crippen molar-refractivity contribution in [3.63, 3.8) is 0 Å². The number of carbonyl (C=O) groups excluding carboxylic acids is 1. The molecule has 6 nitrogen and oxygen atoms in total. The summed E-state index contributed by atoms with van der Waals surface area (Å²) in [5.74, 6) is -1.36. The number of aromatic nitrogens is 2. The quantitative estimate of drug-likeness (QED) is 0.505. The maximum absolute atomic E-state index is 13.8. The molecule has 0 unspecified atom stereocenters. The lowest BCUT2D eigenvalue weighted by molar-refractivity contribution is -0.131. The van der Waals surface area contributed by atoms with E-state index in [1.165, 1.54) is 23.8 Å². The number of fused-ring (bicyclic) bond motifs is 3. The highest BCUT2D eigenvalue weighted by atomic mass is 19.1.